The number of ether oxygens (including phenoxy) is 1. The molecule has 2 aromatic heterocycles. The molecule has 170 valence electrons. The summed E-state index contributed by atoms with van der Waals surface area (Å²) < 4.78 is 39.7. The van der Waals surface area contributed by atoms with Crippen molar-refractivity contribution < 1.29 is 32.6 Å². The number of aryl methyl sites for hydroxylation is 1. The van der Waals surface area contributed by atoms with Crippen LogP contribution in [0.3, 0.4) is 0 Å². The number of amides is 1. The van der Waals surface area contributed by atoms with E-state index in [-0.39, 0.29) is 18.1 Å². The Morgan fingerprint density at radius 2 is 2.10 bits per heavy atom. The highest BCUT2D eigenvalue weighted by atomic mass is 32.1. The largest absolute Gasteiger partial charge is 0.490 e. The molecule has 2 fully saturated rings. The smallest absolute Gasteiger partial charge is 0.475 e. The Bertz CT molecular complexity index is 887. The summed E-state index contributed by atoms with van der Waals surface area (Å²) in [6, 6.07) is 2.04. The van der Waals surface area contributed by atoms with Crippen LogP contribution < -0.4 is 0 Å². The van der Waals surface area contributed by atoms with E-state index in [9.17, 15) is 18.0 Å². The number of halogens is 3. The number of aliphatic carboxylic acids is 1. The molecule has 2 saturated heterocycles. The van der Waals surface area contributed by atoms with Crippen LogP contribution in [0.1, 0.15) is 22.5 Å². The fraction of sp³-hybridized carbons (Fsp3) is 0.526. The molecule has 0 unspecified atom stereocenters. The van der Waals surface area contributed by atoms with Crippen molar-refractivity contribution in [3.63, 3.8) is 0 Å². The first kappa shape index (κ1) is 23.2. The molecule has 8 nitrogen and oxygen atoms in total. The van der Waals surface area contributed by atoms with Gasteiger partial charge in [-0.25, -0.2) is 9.78 Å². The van der Waals surface area contributed by atoms with Crippen LogP contribution in [-0.2, 0) is 23.1 Å². The van der Waals surface area contributed by atoms with Crippen LogP contribution in [0.5, 0.6) is 0 Å². The molecule has 0 saturated carbocycles. The molecule has 1 amide bonds. The van der Waals surface area contributed by atoms with E-state index in [4.69, 9.17) is 14.6 Å². The Hall–Kier alpha value is -2.44. The van der Waals surface area contributed by atoms with Gasteiger partial charge in [0, 0.05) is 44.8 Å². The van der Waals surface area contributed by atoms with Gasteiger partial charge in [-0.15, -0.1) is 0 Å². The molecule has 0 aliphatic carbocycles. The Morgan fingerprint density at radius 3 is 2.68 bits per heavy atom. The van der Waals surface area contributed by atoms with Gasteiger partial charge < -0.3 is 19.3 Å². The molecule has 2 aliphatic rings. The molecular weight excluding hydrogens is 437 g/mol. The van der Waals surface area contributed by atoms with Crippen molar-refractivity contribution >= 4 is 23.2 Å². The molecule has 1 N–H and O–H groups in total. The highest BCUT2D eigenvalue weighted by Crippen LogP contribution is 2.26. The van der Waals surface area contributed by atoms with E-state index in [1.54, 1.807) is 11.3 Å². The summed E-state index contributed by atoms with van der Waals surface area (Å²) in [4.78, 5) is 30.4. The standard InChI is InChI=1S/C17H22N4O2S.C2HF3O2/c1-19-12-18-8-14(19)9-20-4-2-16-15(10-20)21(5-6-23-16)17(22)13-3-7-24-11-13;3-2(4,5)1(6)7/h3,7-8,11-12,15-16H,2,4-6,9-10H2,1H3;(H,6,7)/t15-,16-;/m0./s1. The highest BCUT2D eigenvalue weighted by Gasteiger charge is 2.40. The van der Waals surface area contributed by atoms with E-state index in [2.05, 4.69) is 14.5 Å². The van der Waals surface area contributed by atoms with E-state index >= 15 is 0 Å². The first-order chi connectivity index (χ1) is 14.7. The number of carbonyl (C=O) groups is 2. The van der Waals surface area contributed by atoms with Gasteiger partial charge in [-0.2, -0.15) is 24.5 Å². The predicted molar refractivity (Wildman–Crippen MR) is 106 cm³/mol. The molecule has 0 bridgehead atoms. The Balaban J connectivity index is 0.000000339. The average Bonchev–Trinajstić information content (AvgIpc) is 3.39. The zero-order valence-corrected chi connectivity index (χ0v) is 17.6. The lowest BCUT2D eigenvalue weighted by Crippen LogP contribution is -2.61. The van der Waals surface area contributed by atoms with Crippen molar-refractivity contribution in [2.75, 3.05) is 26.2 Å². The summed E-state index contributed by atoms with van der Waals surface area (Å²) in [5, 5.41) is 11.0. The van der Waals surface area contributed by atoms with E-state index in [0.717, 1.165) is 31.6 Å². The Kier molecular flexibility index (Phi) is 7.34. The summed E-state index contributed by atoms with van der Waals surface area (Å²) in [5.41, 5.74) is 1.99. The number of thiophene rings is 1. The minimum absolute atomic E-state index is 0.133. The molecule has 0 radical (unpaired) electrons. The molecule has 0 spiro atoms. The van der Waals surface area contributed by atoms with Gasteiger partial charge in [-0.1, -0.05) is 0 Å². The number of morpholine rings is 1. The number of alkyl halides is 3. The topological polar surface area (TPSA) is 87.9 Å². The number of likely N-dealkylation sites (tertiary alicyclic amines) is 1. The molecule has 0 aromatic carbocycles. The lowest BCUT2D eigenvalue weighted by atomic mass is 9.98. The molecule has 2 aliphatic heterocycles. The number of rotatable bonds is 3. The summed E-state index contributed by atoms with van der Waals surface area (Å²) >= 11 is 1.57. The molecule has 31 heavy (non-hydrogen) atoms. The van der Waals surface area contributed by atoms with Gasteiger partial charge >= 0.3 is 12.1 Å². The molecule has 2 atom stereocenters. The van der Waals surface area contributed by atoms with Crippen LogP contribution in [0.25, 0.3) is 0 Å². The van der Waals surface area contributed by atoms with Crippen molar-refractivity contribution in [1.29, 1.82) is 0 Å². The molecule has 4 rings (SSSR count). The van der Waals surface area contributed by atoms with Crippen molar-refractivity contribution in [2.24, 2.45) is 7.05 Å². The monoisotopic (exact) mass is 460 g/mol. The molecule has 4 heterocycles. The quantitative estimate of drug-likeness (QED) is 0.756. The number of aromatic nitrogens is 2. The van der Waals surface area contributed by atoms with Gasteiger partial charge in [0.15, 0.2) is 0 Å². The Morgan fingerprint density at radius 1 is 1.35 bits per heavy atom. The normalized spacial score (nSPS) is 21.7. The van der Waals surface area contributed by atoms with Crippen LogP contribution in [0.2, 0.25) is 0 Å². The maximum atomic E-state index is 12.8. The van der Waals surface area contributed by atoms with Gasteiger partial charge in [0.05, 0.1) is 36.3 Å². The van der Waals surface area contributed by atoms with Crippen molar-refractivity contribution in [3.05, 3.63) is 40.6 Å². The van der Waals surface area contributed by atoms with Crippen LogP contribution in [0.15, 0.2) is 29.4 Å². The van der Waals surface area contributed by atoms with Crippen molar-refractivity contribution in [3.8, 4) is 0 Å². The Labute approximate surface area is 180 Å². The highest BCUT2D eigenvalue weighted by molar-refractivity contribution is 7.08. The third-order valence-electron chi connectivity index (χ3n) is 5.24. The second-order valence-corrected chi connectivity index (χ2v) is 8.09. The summed E-state index contributed by atoms with van der Waals surface area (Å²) in [6.07, 6.45) is -0.213. The maximum Gasteiger partial charge on any atom is 0.490 e. The number of hydrogen-bond donors (Lipinski definition) is 1. The second-order valence-electron chi connectivity index (χ2n) is 7.31. The van der Waals surface area contributed by atoms with Crippen molar-refractivity contribution in [1.82, 2.24) is 19.4 Å². The molecular formula is C19H23F3N4O4S. The zero-order chi connectivity index (χ0) is 22.6. The number of carboxylic acids is 1. The van der Waals surface area contributed by atoms with Crippen LogP contribution in [0, 0.1) is 0 Å². The van der Waals surface area contributed by atoms with Gasteiger partial charge in [0.25, 0.3) is 5.91 Å². The van der Waals surface area contributed by atoms with Crippen LogP contribution in [0.4, 0.5) is 13.2 Å². The van der Waals surface area contributed by atoms with Crippen LogP contribution in [-0.4, -0.2) is 80.9 Å². The van der Waals surface area contributed by atoms with Gasteiger partial charge in [-0.3, -0.25) is 9.69 Å². The number of hydrogen-bond acceptors (Lipinski definition) is 6. The van der Waals surface area contributed by atoms with Crippen molar-refractivity contribution in [2.45, 2.75) is 31.3 Å². The number of nitrogens with zero attached hydrogens (tertiary/aromatic N) is 4. The summed E-state index contributed by atoms with van der Waals surface area (Å²) in [6.45, 7) is 4.02. The van der Waals surface area contributed by atoms with E-state index < -0.39 is 12.1 Å². The number of piperidine rings is 1. The molecule has 12 heteroatoms. The fourth-order valence-corrected chi connectivity index (χ4v) is 4.28. The number of carboxylic acid groups (broad SMARTS) is 1. The van der Waals surface area contributed by atoms with Gasteiger partial charge in [-0.05, 0) is 17.9 Å². The minimum atomic E-state index is -5.08. The van der Waals surface area contributed by atoms with Gasteiger partial charge in [0.1, 0.15) is 0 Å². The number of fused-ring (bicyclic) bond motifs is 1. The van der Waals surface area contributed by atoms with Crippen LogP contribution >= 0.6 is 11.3 Å². The summed E-state index contributed by atoms with van der Waals surface area (Å²) in [5.74, 6) is -2.62. The van der Waals surface area contributed by atoms with E-state index in [1.165, 1.54) is 5.69 Å². The third kappa shape index (κ3) is 5.83. The lowest BCUT2D eigenvalue weighted by molar-refractivity contribution is -0.192. The lowest BCUT2D eigenvalue weighted by Gasteiger charge is -2.47. The minimum Gasteiger partial charge on any atom is -0.475 e. The van der Waals surface area contributed by atoms with E-state index in [0.29, 0.717) is 13.2 Å². The zero-order valence-electron chi connectivity index (χ0n) is 16.8. The average molecular weight is 460 g/mol. The fourth-order valence-electron chi connectivity index (χ4n) is 3.65. The summed E-state index contributed by atoms with van der Waals surface area (Å²) in [7, 11) is 2.02. The second kappa shape index (κ2) is 9.79. The number of imidazole rings is 1. The molecule has 2 aromatic rings. The first-order valence-electron chi connectivity index (χ1n) is 9.59. The van der Waals surface area contributed by atoms with E-state index in [1.807, 2.05) is 41.3 Å². The predicted octanol–water partition coefficient (Wildman–Crippen LogP) is 2.23. The maximum absolute atomic E-state index is 12.8. The third-order valence-corrected chi connectivity index (χ3v) is 5.93. The number of carbonyl (C=O) groups excluding carboxylic acids is 1. The van der Waals surface area contributed by atoms with Gasteiger partial charge in [0.2, 0.25) is 0 Å². The SMILES string of the molecule is Cn1cncc1CN1CC[C@@H]2OCCN(C(=O)c3ccsc3)[C@H]2C1.O=C(O)C(F)(F)F. The first-order valence-corrected chi connectivity index (χ1v) is 10.5.